The second kappa shape index (κ2) is 7.80. The van der Waals surface area contributed by atoms with Crippen molar-refractivity contribution in [2.45, 2.75) is 38.7 Å². The van der Waals surface area contributed by atoms with Gasteiger partial charge in [0, 0.05) is 5.56 Å². The van der Waals surface area contributed by atoms with E-state index in [0.717, 1.165) is 18.4 Å². The highest BCUT2D eigenvalue weighted by Crippen LogP contribution is 2.30. The van der Waals surface area contributed by atoms with Crippen LogP contribution in [0.1, 0.15) is 30.9 Å². The Labute approximate surface area is 161 Å². The second-order valence-corrected chi connectivity index (χ2v) is 6.83. The van der Waals surface area contributed by atoms with Crippen LogP contribution >= 0.6 is 0 Å². The number of carbonyl (C=O) groups is 1. The zero-order valence-electron chi connectivity index (χ0n) is 15.4. The van der Waals surface area contributed by atoms with Gasteiger partial charge in [-0.3, -0.25) is 4.79 Å². The Balaban J connectivity index is 1.50. The number of amides is 1. The second-order valence-electron chi connectivity index (χ2n) is 6.83. The van der Waals surface area contributed by atoms with Crippen LogP contribution in [0.5, 0.6) is 5.75 Å². The van der Waals surface area contributed by atoms with Crippen molar-refractivity contribution in [1.82, 2.24) is 10.3 Å². The van der Waals surface area contributed by atoms with Crippen molar-refractivity contribution in [3.05, 3.63) is 59.4 Å². The number of hydrogen-bond donors (Lipinski definition) is 1. The fraction of sp³-hybridized carbons (Fsp3) is 0.286. The number of aryl methyl sites for hydroxylation is 2. The highest BCUT2D eigenvalue weighted by atomic mass is 19.1. The first-order valence-electron chi connectivity index (χ1n) is 9.28. The maximum atomic E-state index is 13.7. The molecular formula is C21H20FN3O3. The van der Waals surface area contributed by atoms with Gasteiger partial charge < -0.3 is 10.1 Å². The summed E-state index contributed by atoms with van der Waals surface area (Å²) < 4.78 is 24.0. The first-order chi connectivity index (χ1) is 13.6. The summed E-state index contributed by atoms with van der Waals surface area (Å²) in [4.78, 5) is 12.5. The van der Waals surface area contributed by atoms with Gasteiger partial charge in [0.2, 0.25) is 5.82 Å². The van der Waals surface area contributed by atoms with E-state index in [2.05, 4.69) is 27.8 Å². The molecule has 1 aliphatic carbocycles. The van der Waals surface area contributed by atoms with Crippen molar-refractivity contribution >= 4 is 11.7 Å². The molecule has 1 aromatic heterocycles. The average Bonchev–Trinajstić information content (AvgIpc) is 3.17. The summed E-state index contributed by atoms with van der Waals surface area (Å²) >= 11 is 0. The van der Waals surface area contributed by atoms with E-state index >= 15 is 0 Å². The van der Waals surface area contributed by atoms with Crippen molar-refractivity contribution in [3.8, 4) is 17.0 Å². The van der Waals surface area contributed by atoms with E-state index in [0.29, 0.717) is 5.69 Å². The lowest BCUT2D eigenvalue weighted by atomic mass is 9.90. The molecule has 0 radical (unpaired) electrons. The van der Waals surface area contributed by atoms with E-state index in [9.17, 15) is 9.18 Å². The summed E-state index contributed by atoms with van der Waals surface area (Å²) in [6.07, 6.45) is 3.57. The van der Waals surface area contributed by atoms with E-state index in [4.69, 9.17) is 9.37 Å². The third kappa shape index (κ3) is 3.74. The highest BCUT2D eigenvalue weighted by Gasteiger charge is 2.22. The number of fused-ring (bicyclic) bond motifs is 1. The van der Waals surface area contributed by atoms with Crippen LogP contribution in [-0.4, -0.2) is 22.3 Å². The summed E-state index contributed by atoms with van der Waals surface area (Å²) in [5, 5.41) is 10.4. The number of halogens is 1. The first-order valence-corrected chi connectivity index (χ1v) is 9.28. The minimum Gasteiger partial charge on any atom is -0.478 e. The van der Waals surface area contributed by atoms with Crippen molar-refractivity contribution in [1.29, 1.82) is 0 Å². The molecule has 1 N–H and O–H groups in total. The quantitative estimate of drug-likeness (QED) is 0.718. The third-order valence-electron chi connectivity index (χ3n) is 4.86. The maximum Gasteiger partial charge on any atom is 0.266 e. The molecule has 1 heterocycles. The van der Waals surface area contributed by atoms with Crippen LogP contribution in [0.3, 0.4) is 0 Å². The SMILES string of the molecule is CC(Oc1ccccc1F)C(=O)Nc1nonc1-c1ccc2c(c1)CCCC2. The molecule has 144 valence electrons. The number of hydrogen-bond acceptors (Lipinski definition) is 5. The molecule has 1 unspecified atom stereocenters. The molecule has 4 rings (SSSR count). The van der Waals surface area contributed by atoms with E-state index in [-0.39, 0.29) is 11.6 Å². The summed E-state index contributed by atoms with van der Waals surface area (Å²) in [5.41, 5.74) is 3.93. The largest absolute Gasteiger partial charge is 0.478 e. The van der Waals surface area contributed by atoms with E-state index in [1.165, 1.54) is 43.0 Å². The number of para-hydroxylation sites is 1. The van der Waals surface area contributed by atoms with Gasteiger partial charge in [-0.15, -0.1) is 0 Å². The normalized spacial score (nSPS) is 14.2. The van der Waals surface area contributed by atoms with Gasteiger partial charge in [-0.25, -0.2) is 9.02 Å². The molecule has 0 spiro atoms. The summed E-state index contributed by atoms with van der Waals surface area (Å²) in [6.45, 7) is 1.54. The van der Waals surface area contributed by atoms with Crippen molar-refractivity contribution < 1.29 is 18.6 Å². The molecule has 0 saturated heterocycles. The molecule has 0 saturated carbocycles. The minimum absolute atomic E-state index is 0.0124. The molecule has 1 atom stereocenters. The van der Waals surface area contributed by atoms with Crippen molar-refractivity contribution in [2.75, 3.05) is 5.32 Å². The number of aromatic nitrogens is 2. The Kier molecular flexibility index (Phi) is 5.06. The van der Waals surface area contributed by atoms with Gasteiger partial charge in [0.15, 0.2) is 23.4 Å². The Morgan fingerprint density at radius 3 is 2.75 bits per heavy atom. The lowest BCUT2D eigenvalue weighted by molar-refractivity contribution is -0.122. The topological polar surface area (TPSA) is 77.2 Å². The molecular weight excluding hydrogens is 361 g/mol. The Morgan fingerprint density at radius 1 is 1.14 bits per heavy atom. The van der Waals surface area contributed by atoms with Crippen molar-refractivity contribution in [2.24, 2.45) is 0 Å². The molecule has 6 nitrogen and oxygen atoms in total. The summed E-state index contributed by atoms with van der Waals surface area (Å²) in [6, 6.07) is 12.1. The lowest BCUT2D eigenvalue weighted by Gasteiger charge is -2.16. The van der Waals surface area contributed by atoms with Gasteiger partial charge >= 0.3 is 0 Å². The molecule has 1 amide bonds. The Hall–Kier alpha value is -3.22. The van der Waals surface area contributed by atoms with Crippen LogP contribution in [0.25, 0.3) is 11.3 Å². The summed E-state index contributed by atoms with van der Waals surface area (Å²) in [5.74, 6) is -0.777. The molecule has 3 aromatic rings. The summed E-state index contributed by atoms with van der Waals surface area (Å²) in [7, 11) is 0. The number of nitrogens with one attached hydrogen (secondary N) is 1. The van der Waals surface area contributed by atoms with E-state index < -0.39 is 17.8 Å². The van der Waals surface area contributed by atoms with Gasteiger partial charge in [-0.2, -0.15) is 0 Å². The van der Waals surface area contributed by atoms with Gasteiger partial charge in [0.25, 0.3) is 5.91 Å². The zero-order chi connectivity index (χ0) is 19.5. The van der Waals surface area contributed by atoms with Crippen LogP contribution in [0.15, 0.2) is 47.1 Å². The maximum absolute atomic E-state index is 13.7. The average molecular weight is 381 g/mol. The van der Waals surface area contributed by atoms with Crippen LogP contribution in [0.2, 0.25) is 0 Å². The van der Waals surface area contributed by atoms with Crippen molar-refractivity contribution in [3.63, 3.8) is 0 Å². The first kappa shape index (κ1) is 18.2. The fourth-order valence-electron chi connectivity index (χ4n) is 3.34. The number of rotatable bonds is 5. The number of carbonyl (C=O) groups excluding carboxylic acids is 1. The van der Waals surface area contributed by atoms with E-state index in [1.807, 2.05) is 6.07 Å². The predicted octanol–water partition coefficient (Wildman–Crippen LogP) is 4.16. The highest BCUT2D eigenvalue weighted by molar-refractivity contribution is 5.96. The number of anilines is 1. The van der Waals surface area contributed by atoms with Crippen LogP contribution in [-0.2, 0) is 17.6 Å². The van der Waals surface area contributed by atoms with Crippen LogP contribution in [0.4, 0.5) is 10.2 Å². The molecule has 0 bridgehead atoms. The fourth-order valence-corrected chi connectivity index (χ4v) is 3.34. The monoisotopic (exact) mass is 381 g/mol. The molecule has 2 aromatic carbocycles. The predicted molar refractivity (Wildman–Crippen MR) is 101 cm³/mol. The molecule has 28 heavy (non-hydrogen) atoms. The lowest BCUT2D eigenvalue weighted by Crippen LogP contribution is -2.30. The van der Waals surface area contributed by atoms with E-state index in [1.54, 1.807) is 12.1 Å². The van der Waals surface area contributed by atoms with Gasteiger partial charge in [-0.05, 0) is 72.2 Å². The minimum atomic E-state index is -0.926. The number of nitrogens with zero attached hydrogens (tertiary/aromatic N) is 2. The smallest absolute Gasteiger partial charge is 0.266 e. The standard InChI is InChI=1S/C21H20FN3O3/c1-13(27-18-9-5-4-8-17(18)22)21(26)23-20-19(24-28-25-20)16-11-10-14-6-2-3-7-15(14)12-16/h4-5,8-13H,2-3,6-7H2,1H3,(H,23,25,26). The third-order valence-corrected chi connectivity index (χ3v) is 4.86. The van der Waals surface area contributed by atoms with Crippen LogP contribution < -0.4 is 10.1 Å². The van der Waals surface area contributed by atoms with Gasteiger partial charge in [0.05, 0.1) is 0 Å². The van der Waals surface area contributed by atoms with Gasteiger partial charge in [-0.1, -0.05) is 24.3 Å². The zero-order valence-corrected chi connectivity index (χ0v) is 15.4. The Bertz CT molecular complexity index is 1000. The Morgan fingerprint density at radius 2 is 1.93 bits per heavy atom. The van der Waals surface area contributed by atoms with Gasteiger partial charge in [0.1, 0.15) is 0 Å². The number of benzene rings is 2. The molecule has 7 heteroatoms. The molecule has 0 fully saturated rings. The molecule has 1 aliphatic rings. The number of ether oxygens (including phenoxy) is 1. The van der Waals surface area contributed by atoms with Crippen LogP contribution in [0, 0.1) is 5.82 Å². The molecule has 0 aliphatic heterocycles.